The zero-order valence-electron chi connectivity index (χ0n) is 25.1. The van der Waals surface area contributed by atoms with Crippen molar-refractivity contribution in [3.63, 3.8) is 0 Å². The predicted molar refractivity (Wildman–Crippen MR) is 167 cm³/mol. The number of nitrogens with zero attached hydrogens (tertiary/aromatic N) is 4. The number of benzene rings is 2. The first kappa shape index (κ1) is 32.1. The molecule has 2 unspecified atom stereocenters. The normalized spacial score (nSPS) is 15.8. The fourth-order valence-corrected chi connectivity index (χ4v) is 5.75. The molecule has 1 aromatic heterocycles. The first-order valence-electron chi connectivity index (χ1n) is 15.2. The molecule has 2 aromatic carbocycles. The lowest BCUT2D eigenvalue weighted by atomic mass is 9.88. The van der Waals surface area contributed by atoms with Gasteiger partial charge in [-0.15, -0.1) is 0 Å². The van der Waals surface area contributed by atoms with Crippen molar-refractivity contribution in [2.45, 2.75) is 56.7 Å². The van der Waals surface area contributed by atoms with Crippen LogP contribution in [-0.4, -0.2) is 88.9 Å². The van der Waals surface area contributed by atoms with E-state index in [1.165, 1.54) is 16.0 Å². The van der Waals surface area contributed by atoms with Gasteiger partial charge >= 0.3 is 0 Å². The summed E-state index contributed by atoms with van der Waals surface area (Å²) in [5.74, 6) is -1.06. The summed E-state index contributed by atoms with van der Waals surface area (Å²) in [6.45, 7) is 2.17. The van der Waals surface area contributed by atoms with Gasteiger partial charge < -0.3 is 25.4 Å². The van der Waals surface area contributed by atoms with Crippen LogP contribution in [0.25, 0.3) is 0 Å². The lowest BCUT2D eigenvalue weighted by molar-refractivity contribution is -0.139. The molecule has 2 atom stereocenters. The smallest absolute Gasteiger partial charge is 0.246 e. The number of carbonyl (C=O) groups excluding carboxylic acids is 3. The molecule has 3 aromatic rings. The molecular weight excluding hydrogens is 542 g/mol. The van der Waals surface area contributed by atoms with Crippen LogP contribution < -0.4 is 16.4 Å². The minimum atomic E-state index is -0.705. The van der Waals surface area contributed by atoms with Gasteiger partial charge in [-0.05, 0) is 63.4 Å². The maximum Gasteiger partial charge on any atom is 0.246 e. The Kier molecular flexibility index (Phi) is 12.4. The number of amides is 3. The zero-order chi connectivity index (χ0) is 30.4. The maximum atomic E-state index is 13.3. The van der Waals surface area contributed by atoms with Crippen LogP contribution in [0.15, 0.2) is 79.4 Å². The Morgan fingerprint density at radius 1 is 1.02 bits per heavy atom. The van der Waals surface area contributed by atoms with E-state index >= 15 is 0 Å². The summed E-state index contributed by atoms with van der Waals surface area (Å²) in [5.41, 5.74) is 8.74. The van der Waals surface area contributed by atoms with Crippen molar-refractivity contribution in [3.8, 4) is 0 Å². The standard InChI is InChI=1S/C33H45N7O3/c1-38-19-8-13-28(38)14-15-30(34)33(43)40(22-21-39-20-18-36-25-39)24-32(42)37-31(41)23-35-17-16-29(26-9-4-2-5-10-26)27-11-6-3-7-12-27/h2-7,9-12,18,20,25,28-30,35H,8,13-17,19,21-24,34H2,1H3,(H,37,41,42). The Morgan fingerprint density at radius 2 is 1.72 bits per heavy atom. The third-order valence-corrected chi connectivity index (χ3v) is 8.21. The van der Waals surface area contributed by atoms with Crippen molar-refractivity contribution in [1.82, 2.24) is 30.0 Å². The molecule has 10 heteroatoms. The van der Waals surface area contributed by atoms with E-state index in [-0.39, 0.29) is 31.5 Å². The van der Waals surface area contributed by atoms with Crippen molar-refractivity contribution in [2.24, 2.45) is 5.73 Å². The number of imidazole rings is 1. The Morgan fingerprint density at radius 3 is 2.33 bits per heavy atom. The molecule has 0 bridgehead atoms. The lowest BCUT2D eigenvalue weighted by Crippen LogP contribution is -2.50. The summed E-state index contributed by atoms with van der Waals surface area (Å²) in [5, 5.41) is 5.60. The number of nitrogens with one attached hydrogen (secondary N) is 2. The van der Waals surface area contributed by atoms with Crippen molar-refractivity contribution in [3.05, 3.63) is 90.5 Å². The van der Waals surface area contributed by atoms with Gasteiger partial charge in [0, 0.05) is 37.4 Å². The molecule has 2 heterocycles. The Hall–Kier alpha value is -3.86. The molecule has 4 N–H and O–H groups in total. The number of hydrogen-bond acceptors (Lipinski definition) is 7. The van der Waals surface area contributed by atoms with E-state index in [0.717, 1.165) is 32.2 Å². The SMILES string of the molecule is CN1CCCC1CCC(N)C(=O)N(CCn1ccnc1)CC(=O)NC(=O)CNCCC(c1ccccc1)c1ccccc1. The zero-order valence-corrected chi connectivity index (χ0v) is 25.1. The van der Waals surface area contributed by atoms with Crippen LogP contribution in [0.2, 0.25) is 0 Å². The van der Waals surface area contributed by atoms with Crippen LogP contribution in [0.4, 0.5) is 0 Å². The van der Waals surface area contributed by atoms with Crippen LogP contribution >= 0.6 is 0 Å². The Balaban J connectivity index is 1.25. The number of carbonyl (C=O) groups is 3. The monoisotopic (exact) mass is 587 g/mol. The van der Waals surface area contributed by atoms with E-state index in [2.05, 4.69) is 51.8 Å². The molecule has 230 valence electrons. The van der Waals surface area contributed by atoms with E-state index < -0.39 is 17.9 Å². The average Bonchev–Trinajstić information content (AvgIpc) is 3.70. The van der Waals surface area contributed by atoms with Gasteiger partial charge in [0.1, 0.15) is 6.54 Å². The summed E-state index contributed by atoms with van der Waals surface area (Å²) >= 11 is 0. The van der Waals surface area contributed by atoms with E-state index in [9.17, 15) is 14.4 Å². The summed E-state index contributed by atoms with van der Waals surface area (Å²) in [6.07, 6.45) is 9.57. The van der Waals surface area contributed by atoms with Gasteiger partial charge in [-0.2, -0.15) is 0 Å². The van der Waals surface area contributed by atoms with E-state index in [4.69, 9.17) is 5.73 Å². The van der Waals surface area contributed by atoms with Crippen molar-refractivity contribution in [2.75, 3.05) is 39.8 Å². The minimum Gasteiger partial charge on any atom is -0.336 e. The first-order chi connectivity index (χ1) is 20.9. The highest BCUT2D eigenvalue weighted by Crippen LogP contribution is 2.27. The second kappa shape index (κ2) is 16.7. The highest BCUT2D eigenvalue weighted by molar-refractivity contribution is 5.98. The molecule has 0 aliphatic carbocycles. The molecule has 1 aliphatic rings. The van der Waals surface area contributed by atoms with Gasteiger partial charge in [-0.1, -0.05) is 60.7 Å². The van der Waals surface area contributed by atoms with Crippen molar-refractivity contribution in [1.29, 1.82) is 0 Å². The highest BCUT2D eigenvalue weighted by Gasteiger charge is 2.27. The fourth-order valence-electron chi connectivity index (χ4n) is 5.75. The molecule has 10 nitrogen and oxygen atoms in total. The first-order valence-corrected chi connectivity index (χ1v) is 15.2. The number of aromatic nitrogens is 2. The van der Waals surface area contributed by atoms with Gasteiger partial charge in [0.2, 0.25) is 17.7 Å². The second-order valence-electron chi connectivity index (χ2n) is 11.3. The molecule has 0 spiro atoms. The largest absolute Gasteiger partial charge is 0.336 e. The summed E-state index contributed by atoms with van der Waals surface area (Å²) in [6, 6.07) is 20.3. The second-order valence-corrected chi connectivity index (χ2v) is 11.3. The van der Waals surface area contributed by atoms with Gasteiger partial charge in [-0.25, -0.2) is 4.98 Å². The van der Waals surface area contributed by atoms with E-state index in [0.29, 0.717) is 25.6 Å². The molecule has 0 radical (unpaired) electrons. The fraction of sp³-hybridized carbons (Fsp3) is 0.455. The van der Waals surface area contributed by atoms with Crippen LogP contribution in [0.3, 0.4) is 0 Å². The van der Waals surface area contributed by atoms with Crippen molar-refractivity contribution >= 4 is 17.7 Å². The third-order valence-electron chi connectivity index (χ3n) is 8.21. The van der Waals surface area contributed by atoms with Gasteiger partial charge in [-0.3, -0.25) is 19.7 Å². The Bertz CT molecular complexity index is 1230. The Labute approximate surface area is 254 Å². The van der Waals surface area contributed by atoms with Crippen LogP contribution in [-0.2, 0) is 20.9 Å². The molecule has 0 saturated carbocycles. The number of likely N-dealkylation sites (tertiary alicyclic amines) is 1. The lowest BCUT2D eigenvalue weighted by Gasteiger charge is -2.27. The maximum absolute atomic E-state index is 13.3. The predicted octanol–water partition coefficient (Wildman–Crippen LogP) is 2.37. The average molecular weight is 588 g/mol. The number of nitrogens with two attached hydrogens (primary N) is 1. The minimum absolute atomic E-state index is 0.000553. The van der Waals surface area contributed by atoms with Gasteiger partial charge in [0.05, 0.1) is 18.9 Å². The number of imide groups is 1. The molecule has 3 amide bonds. The van der Waals surface area contributed by atoms with Gasteiger partial charge in [0.15, 0.2) is 0 Å². The topological polar surface area (TPSA) is 126 Å². The van der Waals surface area contributed by atoms with Crippen LogP contribution in [0.1, 0.15) is 49.1 Å². The third kappa shape index (κ3) is 10.1. The van der Waals surface area contributed by atoms with Crippen molar-refractivity contribution < 1.29 is 14.4 Å². The van der Waals surface area contributed by atoms with E-state index in [1.54, 1.807) is 18.7 Å². The molecule has 4 rings (SSSR count). The quantitative estimate of drug-likeness (QED) is 0.220. The molecule has 1 aliphatic heterocycles. The van der Waals surface area contributed by atoms with E-state index in [1.807, 2.05) is 41.0 Å². The van der Waals surface area contributed by atoms with Crippen LogP contribution in [0.5, 0.6) is 0 Å². The number of rotatable bonds is 16. The summed E-state index contributed by atoms with van der Waals surface area (Å²) < 4.78 is 1.84. The summed E-state index contributed by atoms with van der Waals surface area (Å²) in [4.78, 5) is 46.6. The molecular formula is C33H45N7O3. The molecule has 1 saturated heterocycles. The summed E-state index contributed by atoms with van der Waals surface area (Å²) in [7, 11) is 2.10. The molecule has 43 heavy (non-hydrogen) atoms. The highest BCUT2D eigenvalue weighted by atomic mass is 16.2. The van der Waals surface area contributed by atoms with Crippen LogP contribution in [0, 0.1) is 0 Å². The molecule has 1 fully saturated rings. The van der Waals surface area contributed by atoms with Gasteiger partial charge in [0.25, 0.3) is 0 Å². The number of hydrogen-bond donors (Lipinski definition) is 3.